The molecule has 4 rings (SSSR count). The highest BCUT2D eigenvalue weighted by molar-refractivity contribution is 7.92. The third-order valence-corrected chi connectivity index (χ3v) is 8.20. The number of fused-ring (bicyclic) bond motifs is 1. The molecule has 1 atom stereocenters. The Bertz CT molecular complexity index is 1540. The zero-order chi connectivity index (χ0) is 31.2. The highest BCUT2D eigenvalue weighted by Crippen LogP contribution is 2.36. The van der Waals surface area contributed by atoms with Gasteiger partial charge >= 0.3 is 0 Å². The lowest BCUT2D eigenvalue weighted by Gasteiger charge is -2.34. The number of amides is 2. The number of hydrogen-bond donors (Lipinski definition) is 1. The fourth-order valence-electron chi connectivity index (χ4n) is 5.06. The molecule has 230 valence electrons. The monoisotopic (exact) mass is 607 g/mol. The van der Waals surface area contributed by atoms with Gasteiger partial charge in [0.15, 0.2) is 11.5 Å². The summed E-state index contributed by atoms with van der Waals surface area (Å²) in [7, 11) is -3.65. The van der Waals surface area contributed by atoms with E-state index in [2.05, 4.69) is 5.32 Å². The minimum absolute atomic E-state index is 0.0521. The van der Waals surface area contributed by atoms with Crippen molar-refractivity contribution < 1.29 is 27.5 Å². The number of sulfonamides is 1. The summed E-state index contributed by atoms with van der Waals surface area (Å²) in [5.74, 6) is 0.554. The minimum Gasteiger partial charge on any atom is -0.454 e. The normalized spacial score (nSPS) is 13.3. The van der Waals surface area contributed by atoms with Crippen LogP contribution in [0.3, 0.4) is 0 Å². The zero-order valence-corrected chi connectivity index (χ0v) is 26.3. The van der Waals surface area contributed by atoms with Crippen LogP contribution in [0.1, 0.15) is 50.3 Å². The van der Waals surface area contributed by atoms with Crippen LogP contribution >= 0.6 is 0 Å². The number of rotatable bonds is 12. The number of nitrogens with zero attached hydrogens (tertiary/aromatic N) is 2. The van der Waals surface area contributed by atoms with E-state index in [9.17, 15) is 18.0 Å². The van der Waals surface area contributed by atoms with Crippen molar-refractivity contribution in [1.82, 2.24) is 10.2 Å². The van der Waals surface area contributed by atoms with Gasteiger partial charge in [0.25, 0.3) is 0 Å². The van der Waals surface area contributed by atoms with Crippen LogP contribution in [0.15, 0.2) is 72.8 Å². The Hall–Kier alpha value is -4.05. The van der Waals surface area contributed by atoms with Crippen molar-refractivity contribution >= 4 is 27.5 Å². The van der Waals surface area contributed by atoms with Gasteiger partial charge in [0, 0.05) is 37.5 Å². The topological polar surface area (TPSA) is 105 Å². The van der Waals surface area contributed by atoms with E-state index in [1.165, 1.54) is 4.31 Å². The number of nitrogens with one attached hydrogen (secondary N) is 1. The first kappa shape index (κ1) is 31.9. The lowest BCUT2D eigenvalue weighted by atomic mass is 10.00. The van der Waals surface area contributed by atoms with Crippen molar-refractivity contribution in [2.45, 2.75) is 65.1 Å². The average molecular weight is 608 g/mol. The molecule has 0 aromatic heterocycles. The maximum atomic E-state index is 14.0. The molecule has 9 nitrogen and oxygen atoms in total. The van der Waals surface area contributed by atoms with E-state index < -0.39 is 21.6 Å². The Morgan fingerprint density at radius 1 is 0.930 bits per heavy atom. The van der Waals surface area contributed by atoms with Crippen LogP contribution in [-0.2, 0) is 32.6 Å². The Kier molecular flexibility index (Phi) is 10.0. The van der Waals surface area contributed by atoms with E-state index in [0.717, 1.165) is 22.9 Å². The number of benzene rings is 3. The van der Waals surface area contributed by atoms with Crippen LogP contribution in [0.4, 0.5) is 5.69 Å². The number of ether oxygens (including phenoxy) is 2. The van der Waals surface area contributed by atoms with Crippen molar-refractivity contribution in [2.75, 3.05) is 23.9 Å². The molecule has 1 aliphatic rings. The van der Waals surface area contributed by atoms with E-state index in [-0.39, 0.29) is 44.5 Å². The number of hydrogen-bond acceptors (Lipinski definition) is 6. The van der Waals surface area contributed by atoms with Crippen LogP contribution in [0.2, 0.25) is 0 Å². The Labute approximate surface area is 254 Å². The summed E-state index contributed by atoms with van der Waals surface area (Å²) in [4.78, 5) is 29.4. The van der Waals surface area contributed by atoms with Gasteiger partial charge in [-0.25, -0.2) is 8.42 Å². The third-order valence-electron chi connectivity index (χ3n) is 7.00. The molecule has 10 heteroatoms. The van der Waals surface area contributed by atoms with Crippen molar-refractivity contribution in [3.63, 3.8) is 0 Å². The van der Waals surface area contributed by atoms with Crippen LogP contribution in [0.25, 0.3) is 0 Å². The number of carbonyl (C=O) groups is 2. The summed E-state index contributed by atoms with van der Waals surface area (Å²) in [6.45, 7) is 8.12. The largest absolute Gasteiger partial charge is 0.454 e. The summed E-state index contributed by atoms with van der Waals surface area (Å²) in [6, 6.07) is 21.7. The summed E-state index contributed by atoms with van der Waals surface area (Å²) < 4.78 is 37.6. The summed E-state index contributed by atoms with van der Waals surface area (Å²) in [5.41, 5.74) is 2.83. The SMILES string of the molecule is Cc1cccc(CN(C(=O)CCCN(c2ccc3c(c2)OCO3)S(C)(=O)=O)[C@@H](Cc2ccccc2)C(=O)NC(C)(C)C)c1. The van der Waals surface area contributed by atoms with Gasteiger partial charge in [0.1, 0.15) is 6.04 Å². The van der Waals surface area contributed by atoms with Crippen LogP contribution in [-0.4, -0.2) is 56.3 Å². The molecule has 3 aromatic rings. The summed E-state index contributed by atoms with van der Waals surface area (Å²) in [5, 5.41) is 3.07. The molecule has 1 heterocycles. The molecule has 2 amide bonds. The fraction of sp³-hybridized carbons (Fsp3) is 0.394. The van der Waals surface area contributed by atoms with Crippen molar-refractivity contribution in [1.29, 1.82) is 0 Å². The molecule has 1 aliphatic heterocycles. The standard InChI is InChI=1S/C33H41N3O6S/c1-24-11-9-14-26(19-24)22-35(28(32(38)34-33(2,3)4)20-25-12-7-6-8-13-25)31(37)15-10-18-36(43(5,39)40)27-16-17-29-30(21-27)42-23-41-29/h6-9,11-14,16-17,19,21,28H,10,15,18,20,22-23H2,1-5H3,(H,34,38)/t28-/m0/s1. The molecular formula is C33H41N3O6S. The molecule has 0 bridgehead atoms. The van der Waals surface area contributed by atoms with E-state index in [0.29, 0.717) is 23.6 Å². The van der Waals surface area contributed by atoms with Gasteiger partial charge in [-0.15, -0.1) is 0 Å². The third kappa shape index (κ3) is 8.97. The average Bonchev–Trinajstić information content (AvgIpc) is 3.40. The van der Waals surface area contributed by atoms with Crippen LogP contribution in [0, 0.1) is 6.92 Å². The smallest absolute Gasteiger partial charge is 0.243 e. The van der Waals surface area contributed by atoms with Crippen molar-refractivity contribution in [3.05, 3.63) is 89.5 Å². The molecule has 0 saturated heterocycles. The highest BCUT2D eigenvalue weighted by atomic mass is 32.2. The Morgan fingerprint density at radius 2 is 1.63 bits per heavy atom. The fourth-order valence-corrected chi connectivity index (χ4v) is 6.02. The Balaban J connectivity index is 1.59. The Morgan fingerprint density at radius 3 is 2.30 bits per heavy atom. The first-order valence-electron chi connectivity index (χ1n) is 14.4. The zero-order valence-electron chi connectivity index (χ0n) is 25.5. The lowest BCUT2D eigenvalue weighted by Crippen LogP contribution is -2.54. The van der Waals surface area contributed by atoms with Gasteiger partial charge in [-0.1, -0.05) is 60.2 Å². The molecule has 0 radical (unpaired) electrons. The highest BCUT2D eigenvalue weighted by Gasteiger charge is 2.32. The van der Waals surface area contributed by atoms with Crippen LogP contribution < -0.4 is 19.1 Å². The maximum absolute atomic E-state index is 14.0. The second-order valence-corrected chi connectivity index (χ2v) is 13.8. The molecule has 0 saturated carbocycles. The molecule has 43 heavy (non-hydrogen) atoms. The van der Waals surface area contributed by atoms with E-state index in [1.54, 1.807) is 23.1 Å². The quantitative estimate of drug-likeness (QED) is 0.317. The molecule has 0 fully saturated rings. The van der Waals surface area contributed by atoms with Gasteiger partial charge in [-0.3, -0.25) is 13.9 Å². The van der Waals surface area contributed by atoms with E-state index in [1.807, 2.05) is 82.3 Å². The van der Waals surface area contributed by atoms with Gasteiger partial charge in [-0.2, -0.15) is 0 Å². The predicted octanol–water partition coefficient (Wildman–Crippen LogP) is 4.82. The molecule has 0 spiro atoms. The van der Waals surface area contributed by atoms with Gasteiger partial charge in [-0.05, 0) is 57.4 Å². The first-order chi connectivity index (χ1) is 20.3. The number of anilines is 1. The van der Waals surface area contributed by atoms with Gasteiger partial charge in [0.2, 0.25) is 28.6 Å². The van der Waals surface area contributed by atoms with Gasteiger partial charge < -0.3 is 19.7 Å². The van der Waals surface area contributed by atoms with Crippen LogP contribution in [0.5, 0.6) is 11.5 Å². The van der Waals surface area contributed by atoms with Crippen molar-refractivity contribution in [2.24, 2.45) is 0 Å². The molecular weight excluding hydrogens is 566 g/mol. The summed E-state index contributed by atoms with van der Waals surface area (Å²) >= 11 is 0. The number of aryl methyl sites for hydroxylation is 1. The van der Waals surface area contributed by atoms with E-state index in [4.69, 9.17) is 9.47 Å². The predicted molar refractivity (Wildman–Crippen MR) is 168 cm³/mol. The second kappa shape index (κ2) is 13.5. The first-order valence-corrected chi connectivity index (χ1v) is 16.2. The van der Waals surface area contributed by atoms with Crippen molar-refractivity contribution in [3.8, 4) is 11.5 Å². The number of carbonyl (C=O) groups excluding carboxylic acids is 2. The second-order valence-electron chi connectivity index (χ2n) is 11.9. The van der Waals surface area contributed by atoms with Gasteiger partial charge in [0.05, 0.1) is 11.9 Å². The molecule has 3 aromatic carbocycles. The molecule has 0 aliphatic carbocycles. The lowest BCUT2D eigenvalue weighted by molar-refractivity contribution is -0.142. The molecule has 1 N–H and O–H groups in total. The summed E-state index contributed by atoms with van der Waals surface area (Å²) in [6.07, 6.45) is 1.78. The van der Waals surface area contributed by atoms with E-state index >= 15 is 0 Å². The molecule has 0 unspecified atom stereocenters. The minimum atomic E-state index is -3.65. The maximum Gasteiger partial charge on any atom is 0.243 e.